The van der Waals surface area contributed by atoms with Gasteiger partial charge in [-0.1, -0.05) is 25.1 Å². The highest BCUT2D eigenvalue weighted by molar-refractivity contribution is 7.61. The Balaban J connectivity index is 2.03. The molecule has 1 aromatic heterocycles. The third-order valence-corrected chi connectivity index (χ3v) is 7.94. The van der Waals surface area contributed by atoms with E-state index in [2.05, 4.69) is 0 Å². The molecule has 0 N–H and O–H groups in total. The minimum absolute atomic E-state index is 0.158. The second kappa shape index (κ2) is 11.6. The molecule has 212 valence electrons. The minimum Gasteiger partial charge on any atom is -0.433 e. The van der Waals surface area contributed by atoms with Gasteiger partial charge in [0.25, 0.3) is 0 Å². The van der Waals surface area contributed by atoms with Gasteiger partial charge in [0.1, 0.15) is 17.3 Å². The fourth-order valence-electron chi connectivity index (χ4n) is 5.15. The average Bonchev–Trinajstić information content (AvgIpc) is 3.22. The summed E-state index contributed by atoms with van der Waals surface area (Å²) in [5, 5.41) is 0. The lowest BCUT2D eigenvalue weighted by molar-refractivity contribution is -0.0498. The lowest BCUT2D eigenvalue weighted by Gasteiger charge is -2.25. The Morgan fingerprint density at radius 1 is 1.12 bits per heavy atom. The van der Waals surface area contributed by atoms with Crippen LogP contribution in [0, 0.1) is 12.7 Å². The fourth-order valence-corrected chi connectivity index (χ4v) is 6.21. The summed E-state index contributed by atoms with van der Waals surface area (Å²) in [7, 11) is 1.30. The van der Waals surface area contributed by atoms with E-state index in [1.807, 2.05) is 45.0 Å². The SMILES string of the molecule is CCC(c1nc2ccc(-c3cc(F)c(CP(C)(C)=O)cc3C)cc2n1-c1c(C=O)cccc1OC(F)F)N(C)C. The van der Waals surface area contributed by atoms with E-state index in [4.69, 9.17) is 9.72 Å². The average molecular weight is 572 g/mol. The summed E-state index contributed by atoms with van der Waals surface area (Å²) in [4.78, 5) is 19.0. The highest BCUT2D eigenvalue weighted by Gasteiger charge is 2.26. The van der Waals surface area contributed by atoms with Crippen molar-refractivity contribution in [3.05, 3.63) is 76.9 Å². The zero-order chi connectivity index (χ0) is 29.4. The molecular formula is C30H33F3N3O3P. The third-order valence-electron chi connectivity index (χ3n) is 6.84. The molecule has 4 aromatic rings. The van der Waals surface area contributed by atoms with Crippen LogP contribution >= 0.6 is 7.14 Å². The number of para-hydroxylation sites is 1. The molecule has 0 fully saturated rings. The molecule has 0 aliphatic carbocycles. The quantitative estimate of drug-likeness (QED) is 0.144. The van der Waals surface area contributed by atoms with Crippen LogP contribution in [0.3, 0.4) is 0 Å². The number of imidazole rings is 1. The van der Waals surface area contributed by atoms with Gasteiger partial charge in [-0.15, -0.1) is 0 Å². The molecule has 40 heavy (non-hydrogen) atoms. The topological polar surface area (TPSA) is 64.4 Å². The Bertz CT molecular complexity index is 1610. The van der Waals surface area contributed by atoms with Crippen LogP contribution in [0.4, 0.5) is 13.2 Å². The lowest BCUT2D eigenvalue weighted by atomic mass is 9.98. The van der Waals surface area contributed by atoms with E-state index >= 15 is 4.39 Å². The summed E-state index contributed by atoms with van der Waals surface area (Å²) in [6.07, 6.45) is 1.41. The van der Waals surface area contributed by atoms with Gasteiger partial charge in [0, 0.05) is 11.7 Å². The van der Waals surface area contributed by atoms with E-state index in [0.717, 1.165) is 5.56 Å². The van der Waals surface area contributed by atoms with Crippen LogP contribution in [-0.4, -0.2) is 54.8 Å². The van der Waals surface area contributed by atoms with Crippen LogP contribution in [0.15, 0.2) is 48.5 Å². The van der Waals surface area contributed by atoms with Gasteiger partial charge < -0.3 is 9.30 Å². The van der Waals surface area contributed by atoms with E-state index in [9.17, 15) is 18.1 Å². The van der Waals surface area contributed by atoms with Crippen LogP contribution < -0.4 is 4.74 Å². The van der Waals surface area contributed by atoms with Gasteiger partial charge in [-0.3, -0.25) is 14.3 Å². The number of hydrogen-bond donors (Lipinski definition) is 0. The molecule has 1 heterocycles. The van der Waals surface area contributed by atoms with Crippen LogP contribution in [0.25, 0.3) is 27.8 Å². The Morgan fingerprint density at radius 3 is 2.45 bits per heavy atom. The monoisotopic (exact) mass is 571 g/mol. The molecule has 0 saturated carbocycles. The zero-order valence-corrected chi connectivity index (χ0v) is 24.3. The normalized spacial score (nSPS) is 12.9. The standard InChI is InChI=1S/C30H33F3N3O3P/c1-7-25(35(3)4)29-34-24-12-11-19(22-15-23(31)21(13-18(22)2)17-40(5,6)38)14-26(24)36(29)28-20(16-37)9-8-10-27(28)39-30(32)33/h8-16,25,30H,7,17H2,1-6H3. The van der Waals surface area contributed by atoms with Gasteiger partial charge in [-0.25, -0.2) is 9.37 Å². The van der Waals surface area contributed by atoms with Gasteiger partial charge in [0.15, 0.2) is 12.0 Å². The number of ether oxygens (including phenoxy) is 1. The molecule has 6 nitrogen and oxygen atoms in total. The first-order valence-electron chi connectivity index (χ1n) is 12.9. The Hall–Kier alpha value is -3.42. The number of hydrogen-bond acceptors (Lipinski definition) is 5. The van der Waals surface area contributed by atoms with Crippen LogP contribution in [0.5, 0.6) is 5.75 Å². The molecule has 0 saturated heterocycles. The number of rotatable bonds is 10. The second-order valence-corrected chi connectivity index (χ2v) is 14.0. The zero-order valence-electron chi connectivity index (χ0n) is 23.4. The molecule has 0 aliphatic heterocycles. The number of halogens is 3. The Labute approximate surface area is 232 Å². The second-order valence-electron chi connectivity index (χ2n) is 10.6. The van der Waals surface area contributed by atoms with Crippen molar-refractivity contribution in [1.29, 1.82) is 0 Å². The first kappa shape index (κ1) is 29.6. The molecule has 3 aromatic carbocycles. The molecule has 1 atom stereocenters. The number of nitrogens with zero attached hydrogens (tertiary/aromatic N) is 3. The van der Waals surface area contributed by atoms with Gasteiger partial charge in [-0.05, 0) is 93.4 Å². The number of aryl methyl sites for hydroxylation is 1. The Kier molecular flexibility index (Phi) is 8.57. The highest BCUT2D eigenvalue weighted by atomic mass is 31.2. The minimum atomic E-state index is -3.10. The summed E-state index contributed by atoms with van der Waals surface area (Å²) < 4.78 is 60.9. The predicted octanol–water partition coefficient (Wildman–Crippen LogP) is 7.69. The van der Waals surface area contributed by atoms with E-state index in [1.165, 1.54) is 24.3 Å². The summed E-state index contributed by atoms with van der Waals surface area (Å²) in [5.74, 6) is -0.0568. The van der Waals surface area contributed by atoms with Crippen molar-refractivity contribution in [3.8, 4) is 22.6 Å². The summed E-state index contributed by atoms with van der Waals surface area (Å²) in [5.41, 5.74) is 3.95. The van der Waals surface area contributed by atoms with Gasteiger partial charge in [0.05, 0.1) is 24.2 Å². The van der Waals surface area contributed by atoms with E-state index < -0.39 is 19.6 Å². The number of aromatic nitrogens is 2. The maximum Gasteiger partial charge on any atom is 0.387 e. The number of carbonyl (C=O) groups excluding carboxylic acids is 1. The molecule has 0 spiro atoms. The maximum atomic E-state index is 15.2. The first-order valence-corrected chi connectivity index (χ1v) is 15.7. The van der Waals surface area contributed by atoms with Gasteiger partial charge in [0.2, 0.25) is 0 Å². The van der Waals surface area contributed by atoms with Crippen molar-refractivity contribution in [2.75, 3.05) is 27.4 Å². The molecule has 0 bridgehead atoms. The largest absolute Gasteiger partial charge is 0.433 e. The van der Waals surface area contributed by atoms with Crippen molar-refractivity contribution in [2.24, 2.45) is 0 Å². The number of aldehydes is 1. The summed E-state index contributed by atoms with van der Waals surface area (Å²) in [6, 6.07) is 12.8. The Morgan fingerprint density at radius 2 is 1.85 bits per heavy atom. The summed E-state index contributed by atoms with van der Waals surface area (Å²) in [6.45, 7) is 4.00. The number of benzene rings is 3. The number of carbonyl (C=O) groups is 1. The van der Waals surface area contributed by atoms with Crippen molar-refractivity contribution < 1.29 is 27.3 Å². The molecule has 4 rings (SSSR count). The molecule has 10 heteroatoms. The first-order chi connectivity index (χ1) is 18.8. The number of alkyl halides is 2. The highest BCUT2D eigenvalue weighted by Crippen LogP contribution is 2.42. The predicted molar refractivity (Wildman–Crippen MR) is 153 cm³/mol. The molecular weight excluding hydrogens is 538 g/mol. The third kappa shape index (κ3) is 6.01. The van der Waals surface area contributed by atoms with Gasteiger partial charge >= 0.3 is 6.61 Å². The maximum absolute atomic E-state index is 15.2. The van der Waals surface area contributed by atoms with E-state index in [0.29, 0.717) is 46.3 Å². The van der Waals surface area contributed by atoms with Crippen molar-refractivity contribution in [3.63, 3.8) is 0 Å². The van der Waals surface area contributed by atoms with Crippen LogP contribution in [0.2, 0.25) is 0 Å². The smallest absolute Gasteiger partial charge is 0.387 e. The molecule has 0 radical (unpaired) electrons. The van der Waals surface area contributed by atoms with E-state index in [-0.39, 0.29) is 29.2 Å². The van der Waals surface area contributed by atoms with Crippen molar-refractivity contribution >= 4 is 24.5 Å². The van der Waals surface area contributed by atoms with Crippen molar-refractivity contribution in [1.82, 2.24) is 14.5 Å². The molecule has 0 aliphatic rings. The van der Waals surface area contributed by atoms with Crippen LogP contribution in [0.1, 0.15) is 46.7 Å². The van der Waals surface area contributed by atoms with Gasteiger partial charge in [-0.2, -0.15) is 8.78 Å². The fraction of sp³-hybridized carbons (Fsp3) is 0.333. The van der Waals surface area contributed by atoms with E-state index in [1.54, 1.807) is 30.0 Å². The number of fused-ring (bicyclic) bond motifs is 1. The van der Waals surface area contributed by atoms with Crippen molar-refractivity contribution in [2.45, 2.75) is 39.1 Å². The lowest BCUT2D eigenvalue weighted by Crippen LogP contribution is -2.23. The summed E-state index contributed by atoms with van der Waals surface area (Å²) >= 11 is 0. The molecule has 0 amide bonds. The van der Waals surface area contributed by atoms with Crippen LogP contribution in [-0.2, 0) is 10.7 Å². The molecule has 1 unspecified atom stereocenters.